The predicted octanol–water partition coefficient (Wildman–Crippen LogP) is 5.32. The Balaban J connectivity index is 2.85. The zero-order chi connectivity index (χ0) is 13.6. The Labute approximate surface area is 117 Å². The summed E-state index contributed by atoms with van der Waals surface area (Å²) in [5.41, 5.74) is 1.03. The average Bonchev–Trinajstić information content (AvgIpc) is 2.31. The van der Waals surface area contributed by atoms with Crippen molar-refractivity contribution >= 4 is 29.8 Å². The molecular formula is C12H18ClO3PS. The van der Waals surface area contributed by atoms with Crippen LogP contribution in [0.5, 0.6) is 5.75 Å². The maximum absolute atomic E-state index is 12.4. The van der Waals surface area contributed by atoms with Gasteiger partial charge in [0, 0.05) is 5.75 Å². The third-order valence-corrected chi connectivity index (χ3v) is 6.27. The van der Waals surface area contributed by atoms with Crippen LogP contribution in [-0.4, -0.2) is 12.4 Å². The van der Waals surface area contributed by atoms with Gasteiger partial charge in [-0.25, -0.2) is 4.57 Å². The third kappa shape index (κ3) is 4.85. The first-order valence-corrected chi connectivity index (χ1v) is 9.36. The zero-order valence-electron chi connectivity index (χ0n) is 10.8. The number of hydrogen-bond donors (Lipinski definition) is 0. The van der Waals surface area contributed by atoms with E-state index in [4.69, 9.17) is 20.6 Å². The van der Waals surface area contributed by atoms with Crippen molar-refractivity contribution in [3.63, 3.8) is 0 Å². The number of halogens is 1. The molecule has 1 aromatic rings. The van der Waals surface area contributed by atoms with E-state index in [0.717, 1.165) is 17.7 Å². The SMILES string of the molecule is CCCSP(=O)(OCC)Oc1ccc(C)cc1Cl. The number of hydrogen-bond acceptors (Lipinski definition) is 4. The van der Waals surface area contributed by atoms with Crippen molar-refractivity contribution in [3.8, 4) is 5.75 Å². The van der Waals surface area contributed by atoms with Gasteiger partial charge in [0.2, 0.25) is 0 Å². The van der Waals surface area contributed by atoms with Crippen molar-refractivity contribution in [1.29, 1.82) is 0 Å². The topological polar surface area (TPSA) is 35.5 Å². The van der Waals surface area contributed by atoms with Crippen LogP contribution in [0.25, 0.3) is 0 Å². The number of rotatable bonds is 7. The molecule has 0 radical (unpaired) electrons. The molecule has 1 unspecified atom stereocenters. The van der Waals surface area contributed by atoms with Gasteiger partial charge < -0.3 is 4.52 Å². The first-order chi connectivity index (χ1) is 8.50. The Bertz CT molecular complexity index is 439. The Morgan fingerprint density at radius 2 is 2.11 bits per heavy atom. The van der Waals surface area contributed by atoms with Gasteiger partial charge in [-0.3, -0.25) is 4.52 Å². The van der Waals surface area contributed by atoms with Gasteiger partial charge in [-0.1, -0.05) is 24.6 Å². The Morgan fingerprint density at radius 1 is 1.39 bits per heavy atom. The van der Waals surface area contributed by atoms with Crippen molar-refractivity contribution in [1.82, 2.24) is 0 Å². The van der Waals surface area contributed by atoms with Crippen molar-refractivity contribution in [2.45, 2.75) is 27.2 Å². The molecule has 0 heterocycles. The molecule has 0 amide bonds. The molecule has 1 aromatic carbocycles. The van der Waals surface area contributed by atoms with Crippen LogP contribution in [0.4, 0.5) is 0 Å². The highest BCUT2D eigenvalue weighted by molar-refractivity contribution is 8.55. The lowest BCUT2D eigenvalue weighted by Gasteiger charge is -2.18. The summed E-state index contributed by atoms with van der Waals surface area (Å²) in [7, 11) is 0. The van der Waals surface area contributed by atoms with Gasteiger partial charge >= 0.3 is 6.80 Å². The summed E-state index contributed by atoms with van der Waals surface area (Å²) in [6, 6.07) is 5.36. The van der Waals surface area contributed by atoms with Crippen molar-refractivity contribution in [2.24, 2.45) is 0 Å². The van der Waals surface area contributed by atoms with E-state index < -0.39 is 6.80 Å². The summed E-state index contributed by atoms with van der Waals surface area (Å²) in [6.07, 6.45) is 0.909. The van der Waals surface area contributed by atoms with E-state index in [1.54, 1.807) is 19.1 Å². The highest BCUT2D eigenvalue weighted by atomic mass is 35.5. The van der Waals surface area contributed by atoms with Crippen LogP contribution in [0.3, 0.4) is 0 Å². The monoisotopic (exact) mass is 308 g/mol. The molecular weight excluding hydrogens is 291 g/mol. The first-order valence-electron chi connectivity index (χ1n) is 5.85. The molecule has 0 bridgehead atoms. The Kier molecular flexibility index (Phi) is 6.58. The van der Waals surface area contributed by atoms with Crippen LogP contribution in [0.1, 0.15) is 25.8 Å². The molecule has 1 rings (SSSR count). The number of aryl methyl sites for hydroxylation is 1. The normalized spacial score (nSPS) is 14.2. The van der Waals surface area contributed by atoms with Crippen LogP contribution < -0.4 is 4.52 Å². The standard InChI is InChI=1S/C12H18ClO3PS/c1-4-8-18-17(14,15-5-2)16-12-7-6-10(3)9-11(12)13/h6-7,9H,4-5,8H2,1-3H3. The molecule has 0 N–H and O–H groups in total. The van der Waals surface area contributed by atoms with E-state index >= 15 is 0 Å². The summed E-state index contributed by atoms with van der Waals surface area (Å²) in [5, 5.41) is 0.451. The third-order valence-electron chi connectivity index (χ3n) is 2.04. The number of benzene rings is 1. The van der Waals surface area contributed by atoms with E-state index in [-0.39, 0.29) is 0 Å². The summed E-state index contributed by atoms with van der Waals surface area (Å²) < 4.78 is 23.2. The lowest BCUT2D eigenvalue weighted by molar-refractivity contribution is 0.296. The maximum Gasteiger partial charge on any atom is 0.440 e. The zero-order valence-corrected chi connectivity index (χ0v) is 13.3. The fourth-order valence-corrected chi connectivity index (χ4v) is 5.04. The van der Waals surface area contributed by atoms with Gasteiger partial charge in [0.15, 0.2) is 0 Å². The van der Waals surface area contributed by atoms with Crippen LogP contribution in [0.2, 0.25) is 5.02 Å². The smallest absolute Gasteiger partial charge is 0.415 e. The van der Waals surface area contributed by atoms with Crippen LogP contribution in [0.15, 0.2) is 18.2 Å². The van der Waals surface area contributed by atoms with Gasteiger partial charge in [0.05, 0.1) is 11.6 Å². The molecule has 0 saturated heterocycles. The molecule has 0 aliphatic heterocycles. The second-order valence-corrected chi connectivity index (χ2v) is 8.25. The lowest BCUT2D eigenvalue weighted by atomic mass is 10.2. The molecule has 6 heteroatoms. The van der Waals surface area contributed by atoms with E-state index in [2.05, 4.69) is 0 Å². The van der Waals surface area contributed by atoms with Gasteiger partial charge in [-0.2, -0.15) is 0 Å². The van der Waals surface area contributed by atoms with E-state index in [1.165, 1.54) is 11.4 Å². The molecule has 102 valence electrons. The fourth-order valence-electron chi connectivity index (χ4n) is 1.25. The van der Waals surface area contributed by atoms with E-state index in [0.29, 0.717) is 17.4 Å². The molecule has 0 fully saturated rings. The minimum atomic E-state index is -3.17. The first kappa shape index (κ1) is 15.9. The molecule has 0 aliphatic carbocycles. The fraction of sp³-hybridized carbons (Fsp3) is 0.500. The molecule has 0 saturated carbocycles. The van der Waals surface area contributed by atoms with Crippen molar-refractivity contribution in [3.05, 3.63) is 28.8 Å². The highest BCUT2D eigenvalue weighted by Gasteiger charge is 2.27. The molecule has 3 nitrogen and oxygen atoms in total. The average molecular weight is 309 g/mol. The predicted molar refractivity (Wildman–Crippen MR) is 78.8 cm³/mol. The summed E-state index contributed by atoms with van der Waals surface area (Å²) in [6.45, 7) is 2.92. The summed E-state index contributed by atoms with van der Waals surface area (Å²) in [5.74, 6) is 1.13. The van der Waals surface area contributed by atoms with Gasteiger partial charge in [0.25, 0.3) is 0 Å². The molecule has 0 spiro atoms. The van der Waals surface area contributed by atoms with Crippen molar-refractivity contribution in [2.75, 3.05) is 12.4 Å². The Hall–Kier alpha value is -0.150. The second-order valence-electron chi connectivity index (χ2n) is 3.72. The minimum Gasteiger partial charge on any atom is -0.415 e. The molecule has 0 aliphatic rings. The highest BCUT2D eigenvalue weighted by Crippen LogP contribution is 2.60. The lowest BCUT2D eigenvalue weighted by Crippen LogP contribution is -1.96. The quantitative estimate of drug-likeness (QED) is 0.639. The summed E-state index contributed by atoms with van der Waals surface area (Å²) >= 11 is 7.27. The van der Waals surface area contributed by atoms with Gasteiger partial charge in [-0.05, 0) is 49.3 Å². The minimum absolute atomic E-state index is 0.345. The van der Waals surface area contributed by atoms with E-state index in [9.17, 15) is 4.57 Å². The molecule has 1 atom stereocenters. The molecule has 0 aromatic heterocycles. The van der Waals surface area contributed by atoms with Crippen LogP contribution in [-0.2, 0) is 9.09 Å². The van der Waals surface area contributed by atoms with Gasteiger partial charge in [0.1, 0.15) is 5.75 Å². The molecule has 18 heavy (non-hydrogen) atoms. The van der Waals surface area contributed by atoms with E-state index in [1.807, 2.05) is 19.9 Å². The largest absolute Gasteiger partial charge is 0.440 e. The van der Waals surface area contributed by atoms with Crippen LogP contribution >= 0.6 is 29.8 Å². The summed E-state index contributed by atoms with van der Waals surface area (Å²) in [4.78, 5) is 0. The van der Waals surface area contributed by atoms with Crippen LogP contribution in [0, 0.1) is 6.92 Å². The van der Waals surface area contributed by atoms with Gasteiger partial charge in [-0.15, -0.1) is 0 Å². The van der Waals surface area contributed by atoms with Crippen molar-refractivity contribution < 1.29 is 13.6 Å². The second kappa shape index (κ2) is 7.44. The maximum atomic E-state index is 12.4. The Morgan fingerprint density at radius 3 is 2.67 bits per heavy atom.